The Labute approximate surface area is 165 Å². The van der Waals surface area contributed by atoms with E-state index < -0.39 is 46.2 Å². The minimum absolute atomic E-state index is 0.131. The van der Waals surface area contributed by atoms with E-state index in [1.165, 1.54) is 12.1 Å². The zero-order valence-electron chi connectivity index (χ0n) is 14.3. The highest BCUT2D eigenvalue weighted by atomic mass is 35.5. The number of halogens is 5. The van der Waals surface area contributed by atoms with E-state index >= 15 is 0 Å². The number of carbonyl (C=O) groups is 1. The number of benzene rings is 2. The molecule has 1 amide bonds. The van der Waals surface area contributed by atoms with Crippen LogP contribution in [0.2, 0.25) is 5.02 Å². The maximum Gasteiger partial charge on any atom is 0.430 e. The number of aliphatic hydroxyl groups is 1. The maximum absolute atomic E-state index is 13.6. The number of para-hydroxylation sites is 1. The Kier molecular flexibility index (Phi) is 5.33. The number of fused-ring (bicyclic) bond motifs is 1. The Balaban J connectivity index is 1.92. The highest BCUT2D eigenvalue weighted by Crippen LogP contribution is 2.40. The number of hydrogen-bond donors (Lipinski definition) is 3. The third-order valence-corrected chi connectivity index (χ3v) is 4.46. The number of rotatable bonds is 4. The molecule has 0 aliphatic rings. The van der Waals surface area contributed by atoms with Crippen molar-refractivity contribution in [2.24, 2.45) is 0 Å². The fourth-order valence-corrected chi connectivity index (χ4v) is 2.77. The summed E-state index contributed by atoms with van der Waals surface area (Å²) in [6.07, 6.45) is -5.47. The molecule has 152 valence electrons. The molecule has 2 aromatic carbocycles. The van der Waals surface area contributed by atoms with Crippen LogP contribution in [0, 0.1) is 5.82 Å². The van der Waals surface area contributed by atoms with Gasteiger partial charge in [-0.3, -0.25) is 9.59 Å². The van der Waals surface area contributed by atoms with E-state index in [9.17, 15) is 32.3 Å². The first-order valence-electron chi connectivity index (χ1n) is 8.05. The van der Waals surface area contributed by atoms with Gasteiger partial charge in [-0.2, -0.15) is 13.2 Å². The van der Waals surface area contributed by atoms with E-state index in [2.05, 4.69) is 9.97 Å². The van der Waals surface area contributed by atoms with Crippen LogP contribution < -0.4 is 10.9 Å². The number of nitrogens with one attached hydrogen (secondary N) is 2. The van der Waals surface area contributed by atoms with Crippen molar-refractivity contribution in [2.45, 2.75) is 18.3 Å². The standard InChI is InChI=1S/C18H12ClF4N3O3/c19-11-6-5-9(7-12(11)20)17(29,18(21,22)23)16(28)24-8-14-25-13-4-2-1-3-10(13)15(27)26-14/h1-7,29H,8H2,(H,24,28)(H,25,26,27). The second-order valence-electron chi connectivity index (χ2n) is 6.05. The molecule has 1 aromatic heterocycles. The second kappa shape index (κ2) is 7.45. The minimum Gasteiger partial charge on any atom is -0.369 e. The Morgan fingerprint density at radius 2 is 1.90 bits per heavy atom. The molecule has 0 radical (unpaired) electrons. The lowest BCUT2D eigenvalue weighted by atomic mass is 9.92. The van der Waals surface area contributed by atoms with Gasteiger partial charge in [-0.25, -0.2) is 9.37 Å². The first kappa shape index (κ1) is 20.7. The minimum atomic E-state index is -5.47. The first-order chi connectivity index (χ1) is 13.5. The van der Waals surface area contributed by atoms with E-state index in [0.29, 0.717) is 12.1 Å². The summed E-state index contributed by atoms with van der Waals surface area (Å²) in [5.74, 6) is -3.24. The van der Waals surface area contributed by atoms with Crippen LogP contribution in [0.15, 0.2) is 47.3 Å². The van der Waals surface area contributed by atoms with Crippen LogP contribution in [0.3, 0.4) is 0 Å². The van der Waals surface area contributed by atoms with Crippen molar-refractivity contribution in [1.29, 1.82) is 0 Å². The number of carbonyl (C=O) groups excluding carboxylic acids is 1. The van der Waals surface area contributed by atoms with Gasteiger partial charge in [0, 0.05) is 5.56 Å². The molecule has 0 bridgehead atoms. The molecule has 0 aliphatic carbocycles. The first-order valence-corrected chi connectivity index (χ1v) is 8.42. The average molecular weight is 430 g/mol. The predicted molar refractivity (Wildman–Crippen MR) is 95.6 cm³/mol. The van der Waals surface area contributed by atoms with Crippen molar-refractivity contribution >= 4 is 28.4 Å². The summed E-state index contributed by atoms with van der Waals surface area (Å²) in [4.78, 5) is 30.6. The highest BCUT2D eigenvalue weighted by molar-refractivity contribution is 6.30. The van der Waals surface area contributed by atoms with Crippen LogP contribution in [-0.4, -0.2) is 27.2 Å². The van der Waals surface area contributed by atoms with E-state index in [1.807, 2.05) is 5.32 Å². The fourth-order valence-electron chi connectivity index (χ4n) is 2.66. The molecule has 0 aliphatic heterocycles. The van der Waals surface area contributed by atoms with E-state index in [1.54, 1.807) is 12.1 Å². The summed E-state index contributed by atoms with van der Waals surface area (Å²) in [7, 11) is 0. The van der Waals surface area contributed by atoms with Gasteiger partial charge in [-0.1, -0.05) is 29.8 Å². The van der Waals surface area contributed by atoms with Crippen LogP contribution in [0.1, 0.15) is 11.4 Å². The summed E-state index contributed by atoms with van der Waals surface area (Å²) in [6, 6.07) is 8.03. The zero-order valence-corrected chi connectivity index (χ0v) is 15.1. The number of H-pyrrole nitrogens is 1. The van der Waals surface area contributed by atoms with Crippen molar-refractivity contribution in [3.05, 3.63) is 75.0 Å². The van der Waals surface area contributed by atoms with Crippen LogP contribution in [0.25, 0.3) is 10.9 Å². The highest BCUT2D eigenvalue weighted by Gasteiger charge is 2.61. The van der Waals surface area contributed by atoms with Crippen molar-refractivity contribution < 1.29 is 27.5 Å². The predicted octanol–water partition coefficient (Wildman–Crippen LogP) is 2.78. The molecule has 3 aromatic rings. The Hall–Kier alpha value is -2.98. The SMILES string of the molecule is O=C(NCc1nc2ccccc2c(=O)[nH]1)C(O)(c1ccc(Cl)c(F)c1)C(F)(F)F. The third-order valence-electron chi connectivity index (χ3n) is 4.15. The van der Waals surface area contributed by atoms with Crippen molar-refractivity contribution in [3.8, 4) is 0 Å². The topological polar surface area (TPSA) is 95.1 Å². The molecule has 29 heavy (non-hydrogen) atoms. The largest absolute Gasteiger partial charge is 0.430 e. The molecule has 6 nitrogen and oxygen atoms in total. The molecule has 1 unspecified atom stereocenters. The van der Waals surface area contributed by atoms with Gasteiger partial charge in [0.2, 0.25) is 0 Å². The molecule has 0 spiro atoms. The Morgan fingerprint density at radius 1 is 1.21 bits per heavy atom. The van der Waals surface area contributed by atoms with Crippen LogP contribution in [0.4, 0.5) is 17.6 Å². The second-order valence-corrected chi connectivity index (χ2v) is 6.46. The van der Waals surface area contributed by atoms with Gasteiger partial charge >= 0.3 is 6.18 Å². The average Bonchev–Trinajstić information content (AvgIpc) is 2.66. The zero-order chi connectivity index (χ0) is 21.4. The summed E-state index contributed by atoms with van der Waals surface area (Å²) in [5.41, 5.74) is -5.38. The lowest BCUT2D eigenvalue weighted by Crippen LogP contribution is -2.54. The van der Waals surface area contributed by atoms with Crippen molar-refractivity contribution in [2.75, 3.05) is 0 Å². The number of hydrogen-bond acceptors (Lipinski definition) is 4. The van der Waals surface area contributed by atoms with Crippen molar-refractivity contribution in [3.63, 3.8) is 0 Å². The third kappa shape index (κ3) is 3.81. The molecular formula is C18H12ClF4N3O3. The molecule has 11 heteroatoms. The van der Waals surface area contributed by atoms with Crippen molar-refractivity contribution in [1.82, 2.24) is 15.3 Å². The molecule has 0 fully saturated rings. The maximum atomic E-state index is 13.6. The van der Waals surface area contributed by atoms with Crippen LogP contribution >= 0.6 is 11.6 Å². The number of aromatic amines is 1. The van der Waals surface area contributed by atoms with E-state index in [0.717, 1.165) is 6.07 Å². The lowest BCUT2D eigenvalue weighted by Gasteiger charge is -2.29. The Morgan fingerprint density at radius 3 is 2.55 bits per heavy atom. The smallest absolute Gasteiger partial charge is 0.369 e. The van der Waals surface area contributed by atoms with Gasteiger partial charge in [0.25, 0.3) is 17.1 Å². The van der Waals surface area contributed by atoms with Gasteiger partial charge in [0.05, 0.1) is 22.5 Å². The fraction of sp³-hybridized carbons (Fsp3) is 0.167. The van der Waals surface area contributed by atoms with Gasteiger partial charge in [0.1, 0.15) is 11.6 Å². The summed E-state index contributed by atoms with van der Waals surface area (Å²) < 4.78 is 54.2. The van der Waals surface area contributed by atoms with E-state index in [-0.39, 0.29) is 16.7 Å². The molecule has 3 rings (SSSR count). The molecule has 1 atom stereocenters. The normalized spacial score (nSPS) is 13.9. The number of amides is 1. The number of nitrogens with zero attached hydrogens (tertiary/aromatic N) is 1. The van der Waals surface area contributed by atoms with Gasteiger partial charge in [-0.05, 0) is 24.3 Å². The number of alkyl halides is 3. The number of aromatic nitrogens is 2. The molecule has 3 N–H and O–H groups in total. The Bertz CT molecular complexity index is 1150. The monoisotopic (exact) mass is 429 g/mol. The lowest BCUT2D eigenvalue weighted by molar-refractivity contribution is -0.257. The van der Waals surface area contributed by atoms with Crippen LogP contribution in [0.5, 0.6) is 0 Å². The van der Waals surface area contributed by atoms with Gasteiger partial charge in [0.15, 0.2) is 0 Å². The molecule has 1 heterocycles. The summed E-state index contributed by atoms with van der Waals surface area (Å²) in [5, 5.41) is 11.8. The van der Waals surface area contributed by atoms with Crippen LogP contribution in [-0.2, 0) is 16.9 Å². The molecule has 0 saturated carbocycles. The van der Waals surface area contributed by atoms with E-state index in [4.69, 9.17) is 11.6 Å². The molecular weight excluding hydrogens is 418 g/mol. The van der Waals surface area contributed by atoms with Gasteiger partial charge < -0.3 is 15.4 Å². The quantitative estimate of drug-likeness (QED) is 0.556. The molecule has 0 saturated heterocycles. The summed E-state index contributed by atoms with van der Waals surface area (Å²) in [6.45, 7) is -0.618. The van der Waals surface area contributed by atoms with Gasteiger partial charge in [-0.15, -0.1) is 0 Å². The summed E-state index contributed by atoms with van der Waals surface area (Å²) >= 11 is 5.45.